The van der Waals surface area contributed by atoms with E-state index in [0.29, 0.717) is 22.5 Å². The van der Waals surface area contributed by atoms with Crippen LogP contribution in [0.5, 0.6) is 0 Å². The van der Waals surface area contributed by atoms with E-state index in [1.807, 2.05) is 12.1 Å². The number of sulfonamides is 1. The molecule has 8 nitrogen and oxygen atoms in total. The van der Waals surface area contributed by atoms with Gasteiger partial charge in [-0.05, 0) is 37.3 Å². The summed E-state index contributed by atoms with van der Waals surface area (Å²) >= 11 is 0. The van der Waals surface area contributed by atoms with Gasteiger partial charge in [-0.1, -0.05) is 18.1 Å². The quantitative estimate of drug-likeness (QED) is 0.471. The smallest absolute Gasteiger partial charge is 0.257 e. The fraction of sp³-hybridized carbons (Fsp3) is 0.182. The van der Waals surface area contributed by atoms with Gasteiger partial charge >= 0.3 is 0 Å². The zero-order valence-electron chi connectivity index (χ0n) is 17.3. The van der Waals surface area contributed by atoms with Crippen LogP contribution in [0.2, 0.25) is 0 Å². The Morgan fingerprint density at radius 3 is 2.68 bits per heavy atom. The Balaban J connectivity index is 1.89. The number of fused-ring (bicyclic) bond motifs is 1. The van der Waals surface area contributed by atoms with Crippen molar-refractivity contribution in [3.05, 3.63) is 59.8 Å². The molecule has 1 aliphatic rings. The molecule has 2 aromatic carbocycles. The van der Waals surface area contributed by atoms with Crippen LogP contribution in [0.1, 0.15) is 18.1 Å². The number of rotatable bonds is 6. The SMILES string of the molecule is CC#Cc1cccc2c1/C(=C/Nc1cccc(S(=O)(=O)N(C)CC(=O)NC)c1)C(=O)N2. The second-order valence-corrected chi connectivity index (χ2v) is 8.77. The Hall–Kier alpha value is -3.61. The lowest BCUT2D eigenvalue weighted by Gasteiger charge is -2.16. The zero-order valence-corrected chi connectivity index (χ0v) is 18.1. The average molecular weight is 439 g/mol. The average Bonchev–Trinajstić information content (AvgIpc) is 3.08. The third-order valence-electron chi connectivity index (χ3n) is 4.66. The van der Waals surface area contributed by atoms with E-state index in [-0.39, 0.29) is 17.3 Å². The summed E-state index contributed by atoms with van der Waals surface area (Å²) in [6.45, 7) is 1.43. The van der Waals surface area contributed by atoms with E-state index >= 15 is 0 Å². The van der Waals surface area contributed by atoms with E-state index in [1.54, 1.807) is 25.1 Å². The molecule has 0 aromatic heterocycles. The molecule has 0 atom stereocenters. The molecule has 0 fully saturated rings. The van der Waals surface area contributed by atoms with Gasteiger partial charge in [-0.2, -0.15) is 4.31 Å². The van der Waals surface area contributed by atoms with Crippen molar-refractivity contribution in [2.75, 3.05) is 31.3 Å². The predicted octanol–water partition coefficient (Wildman–Crippen LogP) is 1.83. The number of benzene rings is 2. The maximum absolute atomic E-state index is 12.8. The van der Waals surface area contributed by atoms with Crippen LogP contribution in [0.25, 0.3) is 5.57 Å². The van der Waals surface area contributed by atoms with Gasteiger partial charge in [0, 0.05) is 37.1 Å². The maximum Gasteiger partial charge on any atom is 0.257 e. The lowest BCUT2D eigenvalue weighted by Crippen LogP contribution is -2.36. The van der Waals surface area contributed by atoms with E-state index in [4.69, 9.17) is 0 Å². The molecule has 2 aromatic rings. The molecule has 0 unspecified atom stereocenters. The molecule has 0 radical (unpaired) electrons. The third-order valence-corrected chi connectivity index (χ3v) is 6.46. The summed E-state index contributed by atoms with van der Waals surface area (Å²) in [5.74, 6) is 5.14. The van der Waals surface area contributed by atoms with Gasteiger partial charge in [-0.15, -0.1) is 5.92 Å². The van der Waals surface area contributed by atoms with Gasteiger partial charge in [-0.25, -0.2) is 8.42 Å². The Kier molecular flexibility index (Phi) is 6.44. The van der Waals surface area contributed by atoms with Crippen molar-refractivity contribution in [2.24, 2.45) is 0 Å². The molecule has 2 amide bonds. The molecule has 160 valence electrons. The second-order valence-electron chi connectivity index (χ2n) is 6.72. The van der Waals surface area contributed by atoms with Gasteiger partial charge in [0.2, 0.25) is 15.9 Å². The largest absolute Gasteiger partial charge is 0.361 e. The Labute approximate surface area is 181 Å². The zero-order chi connectivity index (χ0) is 22.6. The minimum absolute atomic E-state index is 0.0242. The van der Waals surface area contributed by atoms with Crippen molar-refractivity contribution in [3.63, 3.8) is 0 Å². The maximum atomic E-state index is 12.8. The number of amides is 2. The highest BCUT2D eigenvalue weighted by Crippen LogP contribution is 2.34. The fourth-order valence-corrected chi connectivity index (χ4v) is 4.25. The van der Waals surface area contributed by atoms with Crippen molar-refractivity contribution in [2.45, 2.75) is 11.8 Å². The summed E-state index contributed by atoms with van der Waals surface area (Å²) in [5, 5.41) is 8.19. The summed E-state index contributed by atoms with van der Waals surface area (Å²) in [6.07, 6.45) is 1.53. The monoisotopic (exact) mass is 438 g/mol. The van der Waals surface area contributed by atoms with Crippen LogP contribution in [0.4, 0.5) is 11.4 Å². The predicted molar refractivity (Wildman–Crippen MR) is 120 cm³/mol. The van der Waals surface area contributed by atoms with Gasteiger partial charge < -0.3 is 16.0 Å². The molecule has 3 N–H and O–H groups in total. The van der Waals surface area contributed by atoms with Crippen LogP contribution >= 0.6 is 0 Å². The number of anilines is 2. The van der Waals surface area contributed by atoms with E-state index in [0.717, 1.165) is 9.87 Å². The molecule has 0 spiro atoms. The second kappa shape index (κ2) is 9.04. The van der Waals surface area contributed by atoms with Gasteiger partial charge in [-0.3, -0.25) is 9.59 Å². The fourth-order valence-electron chi connectivity index (χ4n) is 3.07. The molecule has 0 aliphatic carbocycles. The van der Waals surface area contributed by atoms with Crippen molar-refractivity contribution < 1.29 is 18.0 Å². The molecule has 1 aliphatic heterocycles. The first-order chi connectivity index (χ1) is 14.8. The highest BCUT2D eigenvalue weighted by molar-refractivity contribution is 7.89. The van der Waals surface area contributed by atoms with Gasteiger partial charge in [0.25, 0.3) is 5.91 Å². The number of hydrogen-bond acceptors (Lipinski definition) is 5. The van der Waals surface area contributed by atoms with Crippen LogP contribution in [-0.2, 0) is 19.6 Å². The Morgan fingerprint density at radius 2 is 1.97 bits per heavy atom. The van der Waals surface area contributed by atoms with Gasteiger partial charge in [0.05, 0.1) is 22.7 Å². The van der Waals surface area contributed by atoms with E-state index < -0.39 is 15.9 Å². The first kappa shape index (κ1) is 22.1. The number of hydrogen-bond donors (Lipinski definition) is 3. The number of nitrogens with zero attached hydrogens (tertiary/aromatic N) is 1. The number of carbonyl (C=O) groups is 2. The van der Waals surface area contributed by atoms with Crippen LogP contribution in [0.3, 0.4) is 0 Å². The van der Waals surface area contributed by atoms with Crippen LogP contribution in [0.15, 0.2) is 53.6 Å². The van der Waals surface area contributed by atoms with Crippen molar-refractivity contribution >= 4 is 38.8 Å². The van der Waals surface area contributed by atoms with Crippen LogP contribution in [-0.4, -0.2) is 45.2 Å². The van der Waals surface area contributed by atoms with Crippen LogP contribution in [0, 0.1) is 11.8 Å². The van der Waals surface area contributed by atoms with Crippen LogP contribution < -0.4 is 16.0 Å². The molecular weight excluding hydrogens is 416 g/mol. The molecule has 0 bridgehead atoms. The summed E-state index contributed by atoms with van der Waals surface area (Å²) < 4.78 is 26.5. The number of carbonyl (C=O) groups excluding carboxylic acids is 2. The topological polar surface area (TPSA) is 108 Å². The molecule has 3 rings (SSSR count). The minimum atomic E-state index is -3.86. The van der Waals surface area contributed by atoms with Crippen molar-refractivity contribution in [3.8, 4) is 11.8 Å². The minimum Gasteiger partial charge on any atom is -0.361 e. The molecule has 9 heteroatoms. The Morgan fingerprint density at radius 1 is 1.23 bits per heavy atom. The van der Waals surface area contributed by atoms with E-state index in [1.165, 1.54) is 32.4 Å². The third kappa shape index (κ3) is 4.60. The summed E-state index contributed by atoms with van der Waals surface area (Å²) in [7, 11) is -1.09. The first-order valence-electron chi connectivity index (χ1n) is 9.39. The standard InChI is InChI=1S/C22H22N4O4S/c1-4-7-15-8-5-11-19-21(15)18(22(28)25-19)13-24-16-9-6-10-17(12-16)31(29,30)26(3)14-20(27)23-2/h5-6,8-13,24H,14H2,1-3H3,(H,23,27)(H,25,28)/b18-13-. The normalized spacial score (nSPS) is 13.9. The highest BCUT2D eigenvalue weighted by atomic mass is 32.2. The first-order valence-corrected chi connectivity index (χ1v) is 10.8. The molecular formula is C22H22N4O4S. The Bertz CT molecular complexity index is 1240. The van der Waals surface area contributed by atoms with Crippen molar-refractivity contribution in [1.82, 2.24) is 9.62 Å². The molecule has 1 heterocycles. The molecule has 0 saturated heterocycles. The summed E-state index contributed by atoms with van der Waals surface area (Å²) in [5.41, 5.74) is 2.97. The molecule has 31 heavy (non-hydrogen) atoms. The van der Waals surface area contributed by atoms with E-state index in [9.17, 15) is 18.0 Å². The lowest BCUT2D eigenvalue weighted by molar-refractivity contribution is -0.120. The lowest BCUT2D eigenvalue weighted by atomic mass is 10.0. The summed E-state index contributed by atoms with van der Waals surface area (Å²) in [4.78, 5) is 24.0. The van der Waals surface area contributed by atoms with E-state index in [2.05, 4.69) is 27.8 Å². The number of likely N-dealkylation sites (N-methyl/N-ethyl adjacent to an activating group) is 2. The highest BCUT2D eigenvalue weighted by Gasteiger charge is 2.27. The van der Waals surface area contributed by atoms with Gasteiger partial charge in [0.15, 0.2) is 0 Å². The van der Waals surface area contributed by atoms with Gasteiger partial charge in [0.1, 0.15) is 0 Å². The number of nitrogens with one attached hydrogen (secondary N) is 3. The summed E-state index contributed by atoms with van der Waals surface area (Å²) in [6, 6.07) is 11.6. The van der Waals surface area contributed by atoms with Crippen molar-refractivity contribution in [1.29, 1.82) is 0 Å². The molecule has 0 saturated carbocycles.